The van der Waals surface area contributed by atoms with Gasteiger partial charge in [-0.15, -0.1) is 10.2 Å². The van der Waals surface area contributed by atoms with Gasteiger partial charge in [-0.2, -0.15) is 0 Å². The molecule has 14 N–H and O–H groups in total. The van der Waals surface area contributed by atoms with E-state index in [1.165, 1.54) is 12.5 Å². The minimum absolute atomic E-state index is 0.0598. The molecule has 1 saturated heterocycles. The summed E-state index contributed by atoms with van der Waals surface area (Å²) in [6.07, 6.45) is 4.74. The Labute approximate surface area is 407 Å². The summed E-state index contributed by atoms with van der Waals surface area (Å²) in [5.41, 5.74) is 17.1. The highest BCUT2D eigenvalue weighted by molar-refractivity contribution is 5.97. The number of nitrogens with one attached hydrogen (secondary N) is 4. The van der Waals surface area contributed by atoms with Crippen molar-refractivity contribution in [1.82, 2.24) is 35.6 Å². The molecule has 1 aromatic carbocycles. The molecule has 0 unspecified atom stereocenters. The summed E-state index contributed by atoms with van der Waals surface area (Å²) in [4.78, 5) is 74.6. The topological polar surface area (TPSA) is 368 Å². The molecule has 1 aliphatic rings. The standard InChI is InChI=1S/C21H39N5O7.C12H23NO4.C10H15N5.C2H6N2/c1-17(2)3-4-22-18(27)13-23-5-7-24(14-19(28)29)9-11-26(16-21(32)33)12-10-25(8-6-23)15-20(30)31;1-12(2,6-9-15)17-10-7-13-11(16)5-3-4-8-14;1-13-6-8-2-4-9(5-3-8)10(12)15-14-7-11;1-2(3)4/h17H,3-16H2,1-2H3,(H,22,27)(H,28,29)(H,30,31)(H,32,33);8,15H,3-7,9-10H2,1-2H3,(H,13,16);2-5,7,13H,6H2,1H3,(H2,11,14)(H2,12,15);1H3,(H3,3,4). The second-order valence-corrected chi connectivity index (χ2v) is 17.0. The molecule has 0 radical (unpaired) electrons. The molecule has 24 heteroatoms. The zero-order valence-corrected chi connectivity index (χ0v) is 41.7. The molecule has 24 nitrogen and oxygen atoms in total. The van der Waals surface area contributed by atoms with Crippen molar-refractivity contribution in [2.45, 2.75) is 78.9 Å². The lowest BCUT2D eigenvalue weighted by Crippen LogP contribution is -2.49. The molecule has 394 valence electrons. The number of carbonyl (C=O) groups is 6. The lowest BCUT2D eigenvalue weighted by Gasteiger charge is -2.32. The molecule has 0 atom stereocenters. The molecule has 0 bridgehead atoms. The number of hydrogen-bond donors (Lipinski definition) is 11. The maximum Gasteiger partial charge on any atom is 0.317 e. The largest absolute Gasteiger partial charge is 0.480 e. The van der Waals surface area contributed by atoms with E-state index in [1.807, 2.05) is 50.1 Å². The van der Waals surface area contributed by atoms with Crippen molar-refractivity contribution in [2.24, 2.45) is 33.3 Å². The first-order chi connectivity index (χ1) is 32.6. The van der Waals surface area contributed by atoms with E-state index in [-0.39, 0.29) is 56.0 Å². The number of ether oxygens (including phenoxy) is 1. The third-order valence-electron chi connectivity index (χ3n) is 9.64. The van der Waals surface area contributed by atoms with Crippen LogP contribution in [0.2, 0.25) is 0 Å². The number of aliphatic carboxylic acids is 3. The number of aliphatic hydroxyl groups is 1. The minimum Gasteiger partial charge on any atom is -0.480 e. The number of nitrogens with two attached hydrogens (primary N) is 3. The van der Waals surface area contributed by atoms with Crippen molar-refractivity contribution < 1.29 is 53.9 Å². The van der Waals surface area contributed by atoms with Crippen LogP contribution in [-0.2, 0) is 40.0 Å². The van der Waals surface area contributed by atoms with Crippen LogP contribution in [0.5, 0.6) is 0 Å². The molecule has 1 fully saturated rings. The maximum atomic E-state index is 12.4. The summed E-state index contributed by atoms with van der Waals surface area (Å²) in [5.74, 6) is -2.13. The SMILES string of the molecule is CC(=N)N.CC(C)(CCO)OCCNC(=O)CCCC=O.CC(C)CCNC(=O)CN1CCN(CC(=O)O)CCN(CC(=O)O)CCN(CC(=O)O)CC1.CNCc1ccc(/C(N)=N/N=C\N)cc1. The first-order valence-electron chi connectivity index (χ1n) is 23.0. The van der Waals surface area contributed by atoms with E-state index in [1.54, 1.807) is 14.7 Å². The average Bonchev–Trinajstić information content (AvgIpc) is 3.25. The second-order valence-electron chi connectivity index (χ2n) is 17.0. The van der Waals surface area contributed by atoms with Crippen molar-refractivity contribution in [1.29, 1.82) is 5.41 Å². The van der Waals surface area contributed by atoms with Crippen molar-refractivity contribution in [3.05, 3.63) is 35.4 Å². The fourth-order valence-electron chi connectivity index (χ4n) is 5.99. The Balaban J connectivity index is 0. The zero-order valence-electron chi connectivity index (χ0n) is 41.7. The number of carboxylic acid groups (broad SMARTS) is 3. The lowest BCUT2D eigenvalue weighted by atomic mass is 10.1. The van der Waals surface area contributed by atoms with Gasteiger partial charge in [0, 0.05) is 97.0 Å². The molecule has 1 aromatic rings. The number of hydrogen-bond acceptors (Lipinski definition) is 16. The smallest absolute Gasteiger partial charge is 0.317 e. The van der Waals surface area contributed by atoms with Gasteiger partial charge in [0.2, 0.25) is 11.8 Å². The van der Waals surface area contributed by atoms with E-state index >= 15 is 0 Å². The van der Waals surface area contributed by atoms with Gasteiger partial charge in [-0.05, 0) is 58.6 Å². The van der Waals surface area contributed by atoms with Gasteiger partial charge < -0.3 is 63.1 Å². The van der Waals surface area contributed by atoms with Crippen LogP contribution in [0.25, 0.3) is 0 Å². The number of carboxylic acids is 3. The summed E-state index contributed by atoms with van der Waals surface area (Å²) < 4.78 is 5.52. The molecule has 0 aromatic heterocycles. The molecule has 0 aliphatic carbocycles. The summed E-state index contributed by atoms with van der Waals surface area (Å²) in [6, 6.07) is 7.77. The number of amidine groups is 2. The van der Waals surface area contributed by atoms with E-state index in [0.29, 0.717) is 109 Å². The van der Waals surface area contributed by atoms with Crippen molar-refractivity contribution in [3.63, 3.8) is 0 Å². The highest BCUT2D eigenvalue weighted by Crippen LogP contribution is 2.13. The van der Waals surface area contributed by atoms with Gasteiger partial charge >= 0.3 is 17.9 Å². The third-order valence-corrected chi connectivity index (χ3v) is 9.64. The van der Waals surface area contributed by atoms with Gasteiger partial charge in [0.25, 0.3) is 0 Å². The van der Waals surface area contributed by atoms with Gasteiger partial charge in [0.15, 0.2) is 5.84 Å². The number of benzene rings is 1. The Morgan fingerprint density at radius 2 is 1.26 bits per heavy atom. The Kier molecular flexibility index (Phi) is 38.2. The van der Waals surface area contributed by atoms with E-state index in [9.17, 15) is 44.1 Å². The number of unbranched alkanes of at least 4 members (excludes halogenated alkanes) is 1. The number of carbonyl (C=O) groups excluding carboxylic acids is 3. The molecule has 0 saturated carbocycles. The van der Waals surface area contributed by atoms with E-state index in [4.69, 9.17) is 32.5 Å². The quantitative estimate of drug-likeness (QED) is 0.0188. The molecular weight excluding hydrogens is 899 g/mol. The van der Waals surface area contributed by atoms with E-state index in [2.05, 4.69) is 40.0 Å². The Morgan fingerprint density at radius 1 is 0.812 bits per heavy atom. The number of aliphatic hydroxyl groups excluding tert-OH is 1. The van der Waals surface area contributed by atoms with E-state index < -0.39 is 17.9 Å². The fourth-order valence-corrected chi connectivity index (χ4v) is 5.99. The van der Waals surface area contributed by atoms with Crippen LogP contribution in [0.4, 0.5) is 0 Å². The molecule has 2 amide bonds. The van der Waals surface area contributed by atoms with Crippen molar-refractivity contribution >= 4 is 54.0 Å². The van der Waals surface area contributed by atoms with E-state index in [0.717, 1.165) is 31.2 Å². The van der Waals surface area contributed by atoms with Gasteiger partial charge in [-0.3, -0.25) is 49.0 Å². The van der Waals surface area contributed by atoms with Crippen LogP contribution >= 0.6 is 0 Å². The molecule has 1 aliphatic heterocycles. The Hall–Kier alpha value is -5.63. The van der Waals surface area contributed by atoms with Crippen molar-refractivity contribution in [2.75, 3.05) is 112 Å². The fraction of sp³-hybridized carbons (Fsp3) is 0.667. The monoisotopic (exact) mass is 982 g/mol. The van der Waals surface area contributed by atoms with Crippen LogP contribution in [0.1, 0.15) is 77.8 Å². The Morgan fingerprint density at radius 3 is 1.65 bits per heavy atom. The molecule has 2 rings (SSSR count). The summed E-state index contributed by atoms with van der Waals surface area (Å²) in [7, 11) is 1.90. The van der Waals surface area contributed by atoms with Gasteiger partial charge in [0.05, 0.1) is 44.2 Å². The van der Waals surface area contributed by atoms with Crippen LogP contribution in [0.15, 0.2) is 34.5 Å². The first kappa shape index (κ1) is 65.5. The number of rotatable bonds is 25. The number of nitrogens with zero attached hydrogens (tertiary/aromatic N) is 6. The third kappa shape index (κ3) is 41.1. The van der Waals surface area contributed by atoms with Gasteiger partial charge in [0.1, 0.15) is 12.6 Å². The zero-order chi connectivity index (χ0) is 52.6. The van der Waals surface area contributed by atoms with Crippen molar-refractivity contribution in [3.8, 4) is 0 Å². The van der Waals surface area contributed by atoms with Crippen LogP contribution in [0, 0.1) is 11.3 Å². The minimum atomic E-state index is -0.994. The predicted octanol–water partition coefficient (Wildman–Crippen LogP) is -0.771. The predicted molar refractivity (Wildman–Crippen MR) is 266 cm³/mol. The number of aldehydes is 1. The summed E-state index contributed by atoms with van der Waals surface area (Å²) >= 11 is 0. The number of amides is 2. The molecular formula is C45H83N13O11. The van der Waals surface area contributed by atoms with Gasteiger partial charge in [-0.1, -0.05) is 38.1 Å². The molecule has 1 heterocycles. The highest BCUT2D eigenvalue weighted by atomic mass is 16.5. The molecule has 69 heavy (non-hydrogen) atoms. The summed E-state index contributed by atoms with van der Waals surface area (Å²) in [5, 5.41) is 58.7. The molecule has 0 spiro atoms. The average molecular weight is 982 g/mol. The van der Waals surface area contributed by atoms with Crippen LogP contribution in [-0.4, -0.2) is 212 Å². The first-order valence-corrected chi connectivity index (χ1v) is 23.0. The van der Waals surface area contributed by atoms with Crippen LogP contribution < -0.4 is 33.2 Å². The Bertz CT molecular complexity index is 1650. The lowest BCUT2D eigenvalue weighted by molar-refractivity contribution is -0.140. The normalized spacial score (nSPS) is 14.6. The highest BCUT2D eigenvalue weighted by Gasteiger charge is 2.21. The summed E-state index contributed by atoms with van der Waals surface area (Å²) in [6.45, 7) is 14.5. The van der Waals surface area contributed by atoms with Crippen LogP contribution in [0.3, 0.4) is 0 Å². The van der Waals surface area contributed by atoms with Gasteiger partial charge in [-0.25, -0.2) is 0 Å². The maximum absolute atomic E-state index is 12.4. The second kappa shape index (κ2) is 40.3.